The lowest BCUT2D eigenvalue weighted by Gasteiger charge is -2.40. The zero-order chi connectivity index (χ0) is 9.15. The summed E-state index contributed by atoms with van der Waals surface area (Å²) in [6, 6.07) is 0. The van der Waals surface area contributed by atoms with Crippen molar-refractivity contribution in [2.24, 2.45) is 0 Å². The van der Waals surface area contributed by atoms with E-state index in [0.29, 0.717) is 0 Å². The van der Waals surface area contributed by atoms with Crippen molar-refractivity contribution in [1.29, 1.82) is 0 Å². The summed E-state index contributed by atoms with van der Waals surface area (Å²) in [6.07, 6.45) is 7.79. The predicted molar refractivity (Wildman–Crippen MR) is 54.4 cm³/mol. The van der Waals surface area contributed by atoms with Gasteiger partial charge in [-0.25, -0.2) is 0 Å². The summed E-state index contributed by atoms with van der Waals surface area (Å²) in [5.41, 5.74) is 0. The molecule has 0 amide bonds. The molecule has 13 heavy (non-hydrogen) atoms. The fraction of sp³-hybridized carbons (Fsp3) is 0.556. The van der Waals surface area contributed by atoms with Crippen molar-refractivity contribution < 1.29 is 0 Å². The summed E-state index contributed by atoms with van der Waals surface area (Å²) in [6.45, 7) is 3.98. The highest BCUT2D eigenvalue weighted by atomic mass is 35.5. The first-order valence-corrected chi connectivity index (χ1v) is 4.96. The standard InChI is InChI=1S/C9H14ClN3/c10-9(3-1-2-4-12-9)13-7-5-11-6-8-13/h1-4,11-12H,5-8H2. The Balaban J connectivity index is 2.04. The number of dihydropyridines is 1. The van der Waals surface area contributed by atoms with Gasteiger partial charge in [0.25, 0.3) is 0 Å². The van der Waals surface area contributed by atoms with Crippen molar-refractivity contribution in [3.05, 3.63) is 24.4 Å². The lowest BCUT2D eigenvalue weighted by atomic mass is 10.2. The lowest BCUT2D eigenvalue weighted by molar-refractivity contribution is 0.157. The monoisotopic (exact) mass is 199 g/mol. The minimum atomic E-state index is -0.503. The number of nitrogens with one attached hydrogen (secondary N) is 2. The molecule has 2 N–H and O–H groups in total. The fourth-order valence-electron chi connectivity index (χ4n) is 1.64. The normalized spacial score (nSPS) is 34.5. The van der Waals surface area contributed by atoms with Crippen LogP contribution in [0.2, 0.25) is 0 Å². The third-order valence-corrected chi connectivity index (χ3v) is 2.86. The van der Waals surface area contributed by atoms with E-state index in [2.05, 4.69) is 15.5 Å². The zero-order valence-corrected chi connectivity index (χ0v) is 8.22. The molecule has 0 aromatic rings. The first-order valence-electron chi connectivity index (χ1n) is 4.58. The smallest absolute Gasteiger partial charge is 0.188 e. The number of hydrogen-bond acceptors (Lipinski definition) is 3. The number of alkyl halides is 1. The minimum absolute atomic E-state index is 0.503. The average Bonchev–Trinajstić information content (AvgIpc) is 2.20. The van der Waals surface area contributed by atoms with Gasteiger partial charge >= 0.3 is 0 Å². The van der Waals surface area contributed by atoms with E-state index in [4.69, 9.17) is 11.6 Å². The van der Waals surface area contributed by atoms with Crippen LogP contribution in [-0.4, -0.2) is 36.2 Å². The molecule has 0 bridgehead atoms. The molecule has 0 saturated carbocycles. The number of piperazine rings is 1. The van der Waals surface area contributed by atoms with E-state index in [9.17, 15) is 0 Å². The van der Waals surface area contributed by atoms with Crippen LogP contribution < -0.4 is 10.6 Å². The summed E-state index contributed by atoms with van der Waals surface area (Å²) in [5, 5.41) is 5.96. The van der Waals surface area contributed by atoms with Crippen LogP contribution >= 0.6 is 11.6 Å². The predicted octanol–water partition coefficient (Wildman–Crippen LogP) is 0.457. The molecule has 72 valence electrons. The van der Waals surface area contributed by atoms with Crippen molar-refractivity contribution in [3.63, 3.8) is 0 Å². The summed E-state index contributed by atoms with van der Waals surface area (Å²) in [7, 11) is 0. The highest BCUT2D eigenvalue weighted by molar-refractivity contribution is 6.24. The number of halogens is 1. The minimum Gasteiger partial charge on any atom is -0.357 e. The molecule has 0 radical (unpaired) electrons. The molecular weight excluding hydrogens is 186 g/mol. The summed E-state index contributed by atoms with van der Waals surface area (Å²) in [5.74, 6) is 0. The van der Waals surface area contributed by atoms with Gasteiger partial charge in [0.05, 0.1) is 0 Å². The van der Waals surface area contributed by atoms with Gasteiger partial charge in [0.1, 0.15) is 0 Å². The molecule has 0 aliphatic carbocycles. The first-order chi connectivity index (χ1) is 6.31. The largest absolute Gasteiger partial charge is 0.357 e. The molecule has 1 atom stereocenters. The Kier molecular flexibility index (Phi) is 2.58. The summed E-state index contributed by atoms with van der Waals surface area (Å²) < 4.78 is 0. The Morgan fingerprint density at radius 2 is 2.00 bits per heavy atom. The van der Waals surface area contributed by atoms with Gasteiger partial charge in [-0.15, -0.1) is 0 Å². The van der Waals surface area contributed by atoms with Crippen LogP contribution in [0.4, 0.5) is 0 Å². The molecule has 0 aromatic carbocycles. The number of allylic oxidation sites excluding steroid dienone is 2. The van der Waals surface area contributed by atoms with E-state index < -0.39 is 5.12 Å². The van der Waals surface area contributed by atoms with Crippen LogP contribution in [0.3, 0.4) is 0 Å². The SMILES string of the molecule is ClC1(N2CCNCC2)C=CC=CN1. The van der Waals surface area contributed by atoms with Gasteiger partial charge in [-0.1, -0.05) is 17.7 Å². The molecule has 0 spiro atoms. The maximum atomic E-state index is 6.40. The second-order valence-corrected chi connectivity index (χ2v) is 3.85. The molecule has 2 aliphatic rings. The van der Waals surface area contributed by atoms with Gasteiger partial charge in [-0.3, -0.25) is 4.90 Å². The van der Waals surface area contributed by atoms with Crippen molar-refractivity contribution in [1.82, 2.24) is 15.5 Å². The fourth-order valence-corrected chi connectivity index (χ4v) is 1.94. The number of rotatable bonds is 1. The molecule has 1 unspecified atom stereocenters. The van der Waals surface area contributed by atoms with Crippen LogP contribution in [0, 0.1) is 0 Å². The molecule has 1 saturated heterocycles. The first kappa shape index (κ1) is 9.06. The van der Waals surface area contributed by atoms with Gasteiger partial charge in [0, 0.05) is 26.2 Å². The second-order valence-electron chi connectivity index (χ2n) is 3.27. The number of nitrogens with zero attached hydrogens (tertiary/aromatic N) is 1. The van der Waals surface area contributed by atoms with Gasteiger partial charge in [-0.2, -0.15) is 0 Å². The summed E-state index contributed by atoms with van der Waals surface area (Å²) >= 11 is 6.40. The summed E-state index contributed by atoms with van der Waals surface area (Å²) in [4.78, 5) is 2.23. The molecular formula is C9H14ClN3. The van der Waals surface area contributed by atoms with E-state index in [1.165, 1.54) is 0 Å². The second kappa shape index (κ2) is 3.70. The molecule has 1 fully saturated rings. The van der Waals surface area contributed by atoms with Gasteiger partial charge in [0.15, 0.2) is 5.12 Å². The lowest BCUT2D eigenvalue weighted by Crippen LogP contribution is -2.58. The van der Waals surface area contributed by atoms with Crippen LogP contribution in [-0.2, 0) is 0 Å². The molecule has 2 rings (SSSR count). The van der Waals surface area contributed by atoms with Crippen LogP contribution in [0.5, 0.6) is 0 Å². The van der Waals surface area contributed by atoms with Gasteiger partial charge in [0.2, 0.25) is 0 Å². The van der Waals surface area contributed by atoms with Gasteiger partial charge < -0.3 is 10.6 Å². The Morgan fingerprint density at radius 3 is 2.62 bits per heavy atom. The van der Waals surface area contributed by atoms with Gasteiger partial charge in [-0.05, 0) is 18.4 Å². The van der Waals surface area contributed by atoms with Crippen LogP contribution in [0.1, 0.15) is 0 Å². The Labute approximate surface area is 83.4 Å². The van der Waals surface area contributed by atoms with E-state index in [1.54, 1.807) is 0 Å². The topological polar surface area (TPSA) is 27.3 Å². The Morgan fingerprint density at radius 1 is 1.23 bits per heavy atom. The van der Waals surface area contributed by atoms with E-state index >= 15 is 0 Å². The Hall–Kier alpha value is -0.510. The highest BCUT2D eigenvalue weighted by Crippen LogP contribution is 2.21. The third kappa shape index (κ3) is 1.88. The van der Waals surface area contributed by atoms with E-state index in [1.807, 2.05) is 24.4 Å². The molecule has 3 nitrogen and oxygen atoms in total. The van der Waals surface area contributed by atoms with E-state index in [0.717, 1.165) is 26.2 Å². The molecule has 2 heterocycles. The Bertz CT molecular complexity index is 233. The maximum absolute atomic E-state index is 6.40. The van der Waals surface area contributed by atoms with Crippen LogP contribution in [0.25, 0.3) is 0 Å². The molecule has 0 aromatic heterocycles. The van der Waals surface area contributed by atoms with E-state index in [-0.39, 0.29) is 0 Å². The van der Waals surface area contributed by atoms with Crippen molar-refractivity contribution in [3.8, 4) is 0 Å². The number of hydrogen-bond donors (Lipinski definition) is 2. The van der Waals surface area contributed by atoms with Crippen LogP contribution in [0.15, 0.2) is 24.4 Å². The molecule has 2 aliphatic heterocycles. The van der Waals surface area contributed by atoms with Crippen molar-refractivity contribution >= 4 is 11.6 Å². The van der Waals surface area contributed by atoms with Crippen molar-refractivity contribution in [2.45, 2.75) is 5.12 Å². The average molecular weight is 200 g/mol. The maximum Gasteiger partial charge on any atom is 0.188 e. The quantitative estimate of drug-likeness (QED) is 0.475. The third-order valence-electron chi connectivity index (χ3n) is 2.39. The highest BCUT2D eigenvalue weighted by Gasteiger charge is 2.32. The zero-order valence-electron chi connectivity index (χ0n) is 7.46. The van der Waals surface area contributed by atoms with Crippen molar-refractivity contribution in [2.75, 3.05) is 26.2 Å². The molecule has 4 heteroatoms.